The Morgan fingerprint density at radius 2 is 1.95 bits per heavy atom. The van der Waals surface area contributed by atoms with E-state index < -0.39 is 28.5 Å². The molecule has 3 N–H and O–H groups in total. The first kappa shape index (κ1) is 14.3. The summed E-state index contributed by atoms with van der Waals surface area (Å²) in [7, 11) is 0. The predicted molar refractivity (Wildman–Crippen MR) is 67.5 cm³/mol. The Morgan fingerprint density at radius 3 is 2.55 bits per heavy atom. The molecule has 0 amide bonds. The van der Waals surface area contributed by atoms with Crippen molar-refractivity contribution >= 4 is 10.9 Å². The molecule has 1 aromatic carbocycles. The molecule has 2 rings (SSSR count). The smallest absolute Gasteiger partial charge is 0.330 e. The monoisotopic (exact) mass is 287 g/mol. The summed E-state index contributed by atoms with van der Waals surface area (Å²) in [4.78, 5) is 25.9. The van der Waals surface area contributed by atoms with Crippen LogP contribution in [0.5, 0.6) is 0 Å². The van der Waals surface area contributed by atoms with Crippen molar-refractivity contribution in [3.05, 3.63) is 44.6 Å². The van der Waals surface area contributed by atoms with Gasteiger partial charge in [-0.2, -0.15) is 13.2 Å². The minimum Gasteiger partial charge on any atom is -0.330 e. The molecule has 0 aliphatic carbocycles. The van der Waals surface area contributed by atoms with Crippen LogP contribution in [0.1, 0.15) is 12.0 Å². The van der Waals surface area contributed by atoms with Crippen molar-refractivity contribution in [3.8, 4) is 0 Å². The summed E-state index contributed by atoms with van der Waals surface area (Å²) in [5.74, 6) is 0. The first-order valence-electron chi connectivity index (χ1n) is 5.89. The van der Waals surface area contributed by atoms with Crippen molar-refractivity contribution in [2.24, 2.45) is 5.73 Å². The Morgan fingerprint density at radius 1 is 1.25 bits per heavy atom. The van der Waals surface area contributed by atoms with Gasteiger partial charge in [0.15, 0.2) is 0 Å². The summed E-state index contributed by atoms with van der Waals surface area (Å²) >= 11 is 0. The highest BCUT2D eigenvalue weighted by atomic mass is 19.4. The van der Waals surface area contributed by atoms with Gasteiger partial charge in [-0.3, -0.25) is 9.36 Å². The molecule has 0 spiro atoms. The normalized spacial score (nSPS) is 12.0. The van der Waals surface area contributed by atoms with E-state index in [-0.39, 0.29) is 18.5 Å². The summed E-state index contributed by atoms with van der Waals surface area (Å²) in [5.41, 5.74) is 2.16. The van der Waals surface area contributed by atoms with Crippen LogP contribution in [0.25, 0.3) is 10.9 Å². The van der Waals surface area contributed by atoms with Crippen molar-refractivity contribution < 1.29 is 13.2 Å². The van der Waals surface area contributed by atoms with E-state index in [1.54, 1.807) is 0 Å². The second kappa shape index (κ2) is 5.12. The van der Waals surface area contributed by atoms with Gasteiger partial charge >= 0.3 is 11.9 Å². The molecule has 0 saturated heterocycles. The van der Waals surface area contributed by atoms with E-state index in [2.05, 4.69) is 4.98 Å². The molecule has 0 atom stereocenters. The van der Waals surface area contributed by atoms with Crippen LogP contribution in [-0.2, 0) is 12.7 Å². The van der Waals surface area contributed by atoms with Gasteiger partial charge in [0.1, 0.15) is 0 Å². The fourth-order valence-corrected chi connectivity index (χ4v) is 1.97. The molecule has 0 aliphatic heterocycles. The van der Waals surface area contributed by atoms with E-state index in [1.165, 1.54) is 6.07 Å². The highest BCUT2D eigenvalue weighted by Gasteiger charge is 2.33. The van der Waals surface area contributed by atoms with Crippen LogP contribution < -0.4 is 17.0 Å². The van der Waals surface area contributed by atoms with Gasteiger partial charge in [0.05, 0.1) is 16.5 Å². The molecule has 0 unspecified atom stereocenters. The average Bonchev–Trinajstić information content (AvgIpc) is 2.37. The Balaban J connectivity index is 2.77. The quantitative estimate of drug-likeness (QED) is 0.885. The van der Waals surface area contributed by atoms with Crippen LogP contribution >= 0.6 is 0 Å². The van der Waals surface area contributed by atoms with Crippen molar-refractivity contribution in [3.63, 3.8) is 0 Å². The minimum atomic E-state index is -4.64. The standard InChI is InChI=1S/C12H12F3N3O2/c13-12(14,15)8-4-1-3-7-9(8)17-11(20)18(10(7)19)6-2-5-16/h1,3-4H,2,5-6,16H2,(H,17,20). The summed E-state index contributed by atoms with van der Waals surface area (Å²) < 4.78 is 39.4. The predicted octanol–water partition coefficient (Wildman–Crippen LogP) is 1.06. The van der Waals surface area contributed by atoms with Gasteiger partial charge in [-0.05, 0) is 25.1 Å². The number of nitrogens with two attached hydrogens (primary N) is 1. The van der Waals surface area contributed by atoms with E-state index in [9.17, 15) is 22.8 Å². The fraction of sp³-hybridized carbons (Fsp3) is 0.333. The Bertz CT molecular complexity index is 746. The van der Waals surface area contributed by atoms with Crippen LogP contribution in [0.15, 0.2) is 27.8 Å². The molecule has 2 aromatic rings. The molecular weight excluding hydrogens is 275 g/mol. The number of benzene rings is 1. The van der Waals surface area contributed by atoms with Crippen molar-refractivity contribution in [2.45, 2.75) is 19.1 Å². The first-order chi connectivity index (χ1) is 9.36. The maximum absolute atomic E-state index is 12.8. The average molecular weight is 287 g/mol. The molecule has 1 heterocycles. The van der Waals surface area contributed by atoms with Crippen molar-refractivity contribution in [1.82, 2.24) is 9.55 Å². The largest absolute Gasteiger partial charge is 0.418 e. The van der Waals surface area contributed by atoms with E-state index >= 15 is 0 Å². The molecule has 108 valence electrons. The summed E-state index contributed by atoms with van der Waals surface area (Å²) in [6.07, 6.45) is -4.26. The number of aromatic amines is 1. The number of hydrogen-bond donors (Lipinski definition) is 2. The van der Waals surface area contributed by atoms with Crippen LogP contribution in [0.3, 0.4) is 0 Å². The summed E-state index contributed by atoms with van der Waals surface area (Å²) in [5, 5.41) is -0.170. The molecule has 5 nitrogen and oxygen atoms in total. The highest BCUT2D eigenvalue weighted by molar-refractivity contribution is 5.81. The van der Waals surface area contributed by atoms with E-state index in [0.29, 0.717) is 6.42 Å². The zero-order valence-electron chi connectivity index (χ0n) is 10.3. The van der Waals surface area contributed by atoms with Gasteiger partial charge in [0, 0.05) is 6.54 Å². The van der Waals surface area contributed by atoms with Crippen LogP contribution in [-0.4, -0.2) is 16.1 Å². The van der Waals surface area contributed by atoms with Gasteiger partial charge in [-0.15, -0.1) is 0 Å². The second-order valence-electron chi connectivity index (χ2n) is 4.26. The number of H-pyrrole nitrogens is 1. The lowest BCUT2D eigenvalue weighted by atomic mass is 10.1. The maximum atomic E-state index is 12.8. The lowest BCUT2D eigenvalue weighted by Gasteiger charge is -2.11. The zero-order valence-corrected chi connectivity index (χ0v) is 10.3. The molecule has 0 fully saturated rings. The number of halogens is 3. The van der Waals surface area contributed by atoms with Crippen molar-refractivity contribution in [2.75, 3.05) is 6.54 Å². The fourth-order valence-electron chi connectivity index (χ4n) is 1.97. The summed E-state index contributed by atoms with van der Waals surface area (Å²) in [6.45, 7) is 0.337. The zero-order chi connectivity index (χ0) is 14.9. The van der Waals surface area contributed by atoms with E-state index in [1.807, 2.05) is 0 Å². The lowest BCUT2D eigenvalue weighted by Crippen LogP contribution is -2.36. The number of nitrogens with zero attached hydrogens (tertiary/aromatic N) is 1. The van der Waals surface area contributed by atoms with E-state index in [4.69, 9.17) is 5.73 Å². The Hall–Kier alpha value is -2.09. The topological polar surface area (TPSA) is 80.9 Å². The third-order valence-electron chi connectivity index (χ3n) is 2.91. The van der Waals surface area contributed by atoms with Crippen LogP contribution in [0.2, 0.25) is 0 Å². The lowest BCUT2D eigenvalue weighted by molar-refractivity contribution is -0.136. The van der Waals surface area contributed by atoms with Gasteiger partial charge in [0.2, 0.25) is 0 Å². The number of rotatable bonds is 3. The summed E-state index contributed by atoms with van der Waals surface area (Å²) in [6, 6.07) is 3.21. The second-order valence-corrected chi connectivity index (χ2v) is 4.26. The van der Waals surface area contributed by atoms with Gasteiger partial charge in [-0.1, -0.05) is 6.07 Å². The molecule has 0 saturated carbocycles. The van der Waals surface area contributed by atoms with Crippen LogP contribution in [0, 0.1) is 0 Å². The first-order valence-corrected chi connectivity index (χ1v) is 5.89. The molecule has 0 radical (unpaired) electrons. The maximum Gasteiger partial charge on any atom is 0.418 e. The van der Waals surface area contributed by atoms with Gasteiger partial charge in [0.25, 0.3) is 5.56 Å². The molecule has 8 heteroatoms. The third kappa shape index (κ3) is 2.46. The van der Waals surface area contributed by atoms with Crippen molar-refractivity contribution in [1.29, 1.82) is 0 Å². The minimum absolute atomic E-state index is 0.0663. The SMILES string of the molecule is NCCCn1c(=O)[nH]c2c(C(F)(F)F)cccc2c1=O. The number of para-hydroxylation sites is 1. The van der Waals surface area contributed by atoms with Gasteiger partial charge < -0.3 is 10.7 Å². The van der Waals surface area contributed by atoms with Gasteiger partial charge in [-0.25, -0.2) is 4.79 Å². The molecule has 0 aliphatic rings. The van der Waals surface area contributed by atoms with E-state index in [0.717, 1.165) is 16.7 Å². The number of fused-ring (bicyclic) bond motifs is 1. The third-order valence-corrected chi connectivity index (χ3v) is 2.91. The highest BCUT2D eigenvalue weighted by Crippen LogP contribution is 2.32. The number of alkyl halides is 3. The Labute approximate surface area is 110 Å². The number of hydrogen-bond acceptors (Lipinski definition) is 3. The number of aromatic nitrogens is 2. The molecule has 0 bridgehead atoms. The number of nitrogens with one attached hydrogen (secondary N) is 1. The Kier molecular flexibility index (Phi) is 3.67. The van der Waals surface area contributed by atoms with Crippen LogP contribution in [0.4, 0.5) is 13.2 Å². The molecular formula is C12H12F3N3O2. The molecule has 20 heavy (non-hydrogen) atoms. The molecule has 1 aromatic heterocycles.